The molecule has 2 atom stereocenters. The predicted molar refractivity (Wildman–Crippen MR) is 96.7 cm³/mol. The summed E-state index contributed by atoms with van der Waals surface area (Å²) in [5, 5.41) is 12.5. The third-order valence-electron chi connectivity index (χ3n) is 4.59. The van der Waals surface area contributed by atoms with E-state index in [2.05, 4.69) is 23.3 Å². The zero-order chi connectivity index (χ0) is 16.9. The van der Waals surface area contributed by atoms with Gasteiger partial charge in [0.25, 0.3) is 0 Å². The summed E-state index contributed by atoms with van der Waals surface area (Å²) < 4.78 is 10.8. The van der Waals surface area contributed by atoms with Gasteiger partial charge < -0.3 is 14.6 Å². The van der Waals surface area contributed by atoms with E-state index in [1.54, 1.807) is 7.11 Å². The molecule has 3 rings (SSSR count). The number of hydrogen-bond acceptors (Lipinski definition) is 5. The molecule has 4 nitrogen and oxygen atoms in total. The lowest BCUT2D eigenvalue weighted by Gasteiger charge is -2.34. The van der Waals surface area contributed by atoms with Crippen molar-refractivity contribution in [3.8, 4) is 5.75 Å². The fraction of sp³-hybridized carbons (Fsp3) is 0.474. The quantitative estimate of drug-likeness (QED) is 0.835. The molecule has 0 amide bonds. The Hall–Kier alpha value is -1.40. The maximum Gasteiger partial charge on any atom is 0.118 e. The zero-order valence-corrected chi connectivity index (χ0v) is 15.1. The average Bonchev–Trinajstić information content (AvgIpc) is 3.07. The molecule has 24 heavy (non-hydrogen) atoms. The minimum absolute atomic E-state index is 0.353. The Morgan fingerprint density at radius 2 is 2.08 bits per heavy atom. The fourth-order valence-electron chi connectivity index (χ4n) is 3.17. The lowest BCUT2D eigenvalue weighted by atomic mass is 10.0. The number of rotatable bonds is 7. The summed E-state index contributed by atoms with van der Waals surface area (Å²) in [6, 6.07) is 10.4. The number of thiophene rings is 1. The lowest BCUT2D eigenvalue weighted by Crippen LogP contribution is -2.40. The highest BCUT2D eigenvalue weighted by Gasteiger charge is 2.26. The second-order valence-corrected chi connectivity index (χ2v) is 7.24. The van der Waals surface area contributed by atoms with Gasteiger partial charge in [-0.3, -0.25) is 4.90 Å². The van der Waals surface area contributed by atoms with Crippen molar-refractivity contribution in [1.82, 2.24) is 4.90 Å². The molecule has 0 saturated heterocycles. The van der Waals surface area contributed by atoms with Crippen molar-refractivity contribution in [2.24, 2.45) is 0 Å². The van der Waals surface area contributed by atoms with E-state index in [-0.39, 0.29) is 0 Å². The smallest absolute Gasteiger partial charge is 0.118 e. The topological polar surface area (TPSA) is 41.9 Å². The van der Waals surface area contributed by atoms with Crippen LogP contribution in [-0.2, 0) is 17.8 Å². The SMILES string of the molecule is COc1ccc(COC[C@H](O)CN2CCc3sccc3[C@H]2C)cc1. The van der Waals surface area contributed by atoms with E-state index in [1.807, 2.05) is 35.6 Å². The van der Waals surface area contributed by atoms with Gasteiger partial charge in [0.15, 0.2) is 0 Å². The normalized spacial score (nSPS) is 19.0. The second-order valence-electron chi connectivity index (χ2n) is 6.24. The van der Waals surface area contributed by atoms with E-state index in [1.165, 1.54) is 10.4 Å². The minimum Gasteiger partial charge on any atom is -0.497 e. The summed E-state index contributed by atoms with van der Waals surface area (Å²) in [7, 11) is 1.66. The fourth-order valence-corrected chi connectivity index (χ4v) is 4.13. The average molecular weight is 347 g/mol. The van der Waals surface area contributed by atoms with Gasteiger partial charge in [-0.05, 0) is 48.1 Å². The summed E-state index contributed by atoms with van der Waals surface area (Å²) >= 11 is 1.84. The number of benzene rings is 1. The highest BCUT2D eigenvalue weighted by molar-refractivity contribution is 7.10. The van der Waals surface area contributed by atoms with Crippen LogP contribution in [0.2, 0.25) is 0 Å². The molecule has 0 radical (unpaired) electrons. The molecule has 130 valence electrons. The first-order valence-corrected chi connectivity index (χ1v) is 9.24. The van der Waals surface area contributed by atoms with E-state index < -0.39 is 6.10 Å². The predicted octanol–water partition coefficient (Wildman–Crippen LogP) is 3.25. The number of ether oxygens (including phenoxy) is 2. The molecule has 0 bridgehead atoms. The van der Waals surface area contributed by atoms with Crippen molar-refractivity contribution in [3.63, 3.8) is 0 Å². The van der Waals surface area contributed by atoms with Crippen molar-refractivity contribution in [2.45, 2.75) is 32.1 Å². The maximum atomic E-state index is 10.3. The van der Waals surface area contributed by atoms with Crippen molar-refractivity contribution in [3.05, 3.63) is 51.7 Å². The van der Waals surface area contributed by atoms with Crippen LogP contribution in [0.15, 0.2) is 35.7 Å². The third-order valence-corrected chi connectivity index (χ3v) is 5.58. The van der Waals surface area contributed by atoms with E-state index in [0.717, 1.165) is 24.3 Å². The molecular weight excluding hydrogens is 322 g/mol. The first kappa shape index (κ1) is 17.4. The summed E-state index contributed by atoms with van der Waals surface area (Å²) in [6.45, 7) is 4.73. The molecule has 1 aliphatic heterocycles. The van der Waals surface area contributed by atoms with Crippen LogP contribution in [0.3, 0.4) is 0 Å². The summed E-state index contributed by atoms with van der Waals surface area (Å²) in [5.41, 5.74) is 2.50. The van der Waals surface area contributed by atoms with Crippen molar-refractivity contribution < 1.29 is 14.6 Å². The molecule has 0 aliphatic carbocycles. The van der Waals surface area contributed by atoms with Crippen molar-refractivity contribution in [2.75, 3.05) is 26.8 Å². The third kappa shape index (κ3) is 4.16. The largest absolute Gasteiger partial charge is 0.497 e. The first-order valence-electron chi connectivity index (χ1n) is 8.36. The molecule has 2 aromatic rings. The van der Waals surface area contributed by atoms with Crippen LogP contribution < -0.4 is 4.74 Å². The standard InChI is InChI=1S/C19H25NO3S/c1-14-18-8-10-24-19(18)7-9-20(14)11-16(21)13-23-12-15-3-5-17(22-2)6-4-15/h3-6,8,10,14,16,21H,7,9,11-13H2,1-2H3/t14-,16-/m1/s1. The number of methoxy groups -OCH3 is 1. The van der Waals surface area contributed by atoms with Gasteiger partial charge in [0, 0.05) is 24.0 Å². The molecule has 0 unspecified atom stereocenters. The molecule has 1 aromatic carbocycles. The van der Waals surface area contributed by atoms with Crippen LogP contribution in [0.4, 0.5) is 0 Å². The Morgan fingerprint density at radius 3 is 2.83 bits per heavy atom. The summed E-state index contributed by atoms with van der Waals surface area (Å²) in [4.78, 5) is 3.83. The van der Waals surface area contributed by atoms with E-state index >= 15 is 0 Å². The van der Waals surface area contributed by atoms with Gasteiger partial charge in [-0.1, -0.05) is 12.1 Å². The van der Waals surface area contributed by atoms with Gasteiger partial charge in [0.1, 0.15) is 5.75 Å². The van der Waals surface area contributed by atoms with Gasteiger partial charge in [-0.2, -0.15) is 0 Å². The van der Waals surface area contributed by atoms with Gasteiger partial charge in [0.2, 0.25) is 0 Å². The molecule has 0 saturated carbocycles. The van der Waals surface area contributed by atoms with Crippen LogP contribution in [0, 0.1) is 0 Å². The van der Waals surface area contributed by atoms with Crippen molar-refractivity contribution >= 4 is 11.3 Å². The number of β-amino-alcohol motifs (C(OH)–C–C–N with tert-alkyl or cyclic N) is 1. The molecule has 5 heteroatoms. The zero-order valence-electron chi connectivity index (χ0n) is 14.3. The Bertz CT molecular complexity index is 640. The number of fused-ring (bicyclic) bond motifs is 1. The van der Waals surface area contributed by atoms with Crippen LogP contribution in [0.5, 0.6) is 5.75 Å². The molecule has 1 aromatic heterocycles. The Morgan fingerprint density at radius 1 is 1.29 bits per heavy atom. The molecular formula is C19H25NO3S. The number of aliphatic hydroxyl groups is 1. The highest BCUT2D eigenvalue weighted by Crippen LogP contribution is 2.32. The van der Waals surface area contributed by atoms with E-state index in [0.29, 0.717) is 25.8 Å². The van der Waals surface area contributed by atoms with Gasteiger partial charge in [-0.15, -0.1) is 11.3 Å². The second kappa shape index (κ2) is 8.12. The van der Waals surface area contributed by atoms with E-state index in [4.69, 9.17) is 9.47 Å². The van der Waals surface area contributed by atoms with Crippen LogP contribution in [-0.4, -0.2) is 42.9 Å². The van der Waals surface area contributed by atoms with Crippen LogP contribution in [0.25, 0.3) is 0 Å². The summed E-state index contributed by atoms with van der Waals surface area (Å²) in [6.07, 6.45) is 0.613. The van der Waals surface area contributed by atoms with Crippen molar-refractivity contribution in [1.29, 1.82) is 0 Å². The van der Waals surface area contributed by atoms with E-state index in [9.17, 15) is 5.11 Å². The summed E-state index contributed by atoms with van der Waals surface area (Å²) in [5.74, 6) is 0.839. The Labute approximate surface area is 147 Å². The van der Waals surface area contributed by atoms with Crippen LogP contribution in [0.1, 0.15) is 29.0 Å². The monoisotopic (exact) mass is 347 g/mol. The number of aliphatic hydroxyl groups excluding tert-OH is 1. The molecule has 0 spiro atoms. The molecule has 2 heterocycles. The van der Waals surface area contributed by atoms with Gasteiger partial charge >= 0.3 is 0 Å². The number of hydrogen-bond donors (Lipinski definition) is 1. The molecule has 0 fully saturated rings. The first-order chi connectivity index (χ1) is 11.7. The lowest BCUT2D eigenvalue weighted by molar-refractivity contribution is 0.00224. The Balaban J connectivity index is 1.43. The van der Waals surface area contributed by atoms with Gasteiger partial charge in [0.05, 0.1) is 26.4 Å². The minimum atomic E-state index is -0.467. The highest BCUT2D eigenvalue weighted by atomic mass is 32.1. The van der Waals surface area contributed by atoms with Crippen LogP contribution >= 0.6 is 11.3 Å². The number of nitrogens with zero attached hydrogens (tertiary/aromatic N) is 1. The van der Waals surface area contributed by atoms with Gasteiger partial charge in [-0.25, -0.2) is 0 Å². The molecule has 1 N–H and O–H groups in total. The Kier molecular flexibility index (Phi) is 5.89. The maximum absolute atomic E-state index is 10.3. The molecule has 1 aliphatic rings.